The average Bonchev–Trinajstić information content (AvgIpc) is 2.71. The van der Waals surface area contributed by atoms with E-state index >= 15 is 0 Å². The van der Waals surface area contributed by atoms with Crippen LogP contribution < -0.4 is 0 Å². The maximum Gasteiger partial charge on any atom is 0.410 e. The van der Waals surface area contributed by atoms with Gasteiger partial charge in [-0.15, -0.1) is 0 Å². The zero-order valence-corrected chi connectivity index (χ0v) is 19.4. The molecule has 2 atom stereocenters. The predicted molar refractivity (Wildman–Crippen MR) is 116 cm³/mol. The molecule has 3 rings (SSSR count). The zero-order valence-electron chi connectivity index (χ0n) is 19.4. The lowest BCUT2D eigenvalue weighted by Crippen LogP contribution is -2.56. The van der Waals surface area contributed by atoms with E-state index < -0.39 is 5.60 Å². The summed E-state index contributed by atoms with van der Waals surface area (Å²) < 4.78 is 10.4. The first-order chi connectivity index (χ1) is 14.2. The molecule has 0 aromatic rings. The summed E-state index contributed by atoms with van der Waals surface area (Å²) in [4.78, 5) is 31.0. The first-order valence-electron chi connectivity index (χ1n) is 11.7. The number of fused-ring (bicyclic) bond motifs is 1. The molecule has 7 nitrogen and oxygen atoms in total. The molecule has 0 radical (unpaired) electrons. The van der Waals surface area contributed by atoms with Crippen LogP contribution in [-0.2, 0) is 14.3 Å². The molecule has 172 valence electrons. The van der Waals surface area contributed by atoms with Gasteiger partial charge in [0.15, 0.2) is 0 Å². The number of nitrogens with zero attached hydrogens (tertiary/aromatic N) is 3. The van der Waals surface area contributed by atoms with Crippen LogP contribution in [0.25, 0.3) is 0 Å². The Balaban J connectivity index is 1.37. The van der Waals surface area contributed by atoms with E-state index in [1.54, 1.807) is 0 Å². The summed E-state index contributed by atoms with van der Waals surface area (Å²) in [6.45, 7) is 13.0. The number of piperidine rings is 2. The normalized spacial score (nSPS) is 26.9. The Labute approximate surface area is 182 Å². The molecule has 3 aliphatic rings. The highest BCUT2D eigenvalue weighted by molar-refractivity contribution is 5.69. The molecule has 0 N–H and O–H groups in total. The first-order valence-corrected chi connectivity index (χ1v) is 11.7. The van der Waals surface area contributed by atoms with Gasteiger partial charge in [-0.3, -0.25) is 9.69 Å². The number of rotatable bonds is 5. The number of hydrogen-bond donors (Lipinski definition) is 0. The van der Waals surface area contributed by atoms with Crippen LogP contribution in [0.2, 0.25) is 0 Å². The van der Waals surface area contributed by atoms with Gasteiger partial charge in [-0.25, -0.2) is 4.79 Å². The van der Waals surface area contributed by atoms with Gasteiger partial charge in [-0.1, -0.05) is 0 Å². The second kappa shape index (κ2) is 10.3. The van der Waals surface area contributed by atoms with Crippen molar-refractivity contribution in [3.05, 3.63) is 0 Å². The molecule has 0 bridgehead atoms. The molecule has 3 saturated heterocycles. The Morgan fingerprint density at radius 2 is 1.67 bits per heavy atom. The van der Waals surface area contributed by atoms with E-state index in [0.29, 0.717) is 24.3 Å². The standard InChI is InChI=1S/C23H41N3O4/c1-23(2,3)30-22(28)26-11-6-18(7-12-26)5-9-24-13-14-25-10-8-19(15-20(25)17-24)16-21(27)29-4/h18-20H,5-17H2,1-4H3/t19?,20-/m1/s1. The highest BCUT2D eigenvalue weighted by Gasteiger charge is 2.34. The van der Waals surface area contributed by atoms with Crippen LogP contribution in [0.4, 0.5) is 4.79 Å². The monoisotopic (exact) mass is 423 g/mol. The van der Waals surface area contributed by atoms with Gasteiger partial charge in [0, 0.05) is 45.2 Å². The second-order valence-electron chi connectivity index (χ2n) is 10.4. The topological polar surface area (TPSA) is 62.3 Å². The second-order valence-corrected chi connectivity index (χ2v) is 10.4. The molecule has 1 amide bonds. The zero-order chi connectivity index (χ0) is 21.7. The molecule has 0 aromatic carbocycles. The number of hydrogen-bond acceptors (Lipinski definition) is 6. The van der Waals surface area contributed by atoms with Crippen molar-refractivity contribution in [2.45, 2.75) is 70.9 Å². The van der Waals surface area contributed by atoms with Crippen LogP contribution in [-0.4, -0.2) is 91.3 Å². The third-order valence-electron chi connectivity index (χ3n) is 6.92. The number of ether oxygens (including phenoxy) is 2. The smallest absolute Gasteiger partial charge is 0.410 e. The number of methoxy groups -OCH3 is 1. The predicted octanol–water partition coefficient (Wildman–Crippen LogP) is 2.98. The lowest BCUT2D eigenvalue weighted by atomic mass is 9.87. The molecule has 0 aliphatic carbocycles. The Morgan fingerprint density at radius 3 is 2.33 bits per heavy atom. The number of amides is 1. The van der Waals surface area contributed by atoms with E-state index in [1.807, 2.05) is 25.7 Å². The highest BCUT2D eigenvalue weighted by atomic mass is 16.6. The third-order valence-corrected chi connectivity index (χ3v) is 6.92. The summed E-state index contributed by atoms with van der Waals surface area (Å²) in [6.07, 6.45) is 5.98. The number of likely N-dealkylation sites (tertiary alicyclic amines) is 1. The number of carbonyl (C=O) groups excluding carboxylic acids is 2. The number of carbonyl (C=O) groups is 2. The molecule has 3 heterocycles. The Kier molecular flexibility index (Phi) is 8.02. The van der Waals surface area contributed by atoms with Crippen molar-refractivity contribution in [3.8, 4) is 0 Å². The molecule has 7 heteroatoms. The van der Waals surface area contributed by atoms with Crippen LogP contribution in [0.3, 0.4) is 0 Å². The minimum Gasteiger partial charge on any atom is -0.469 e. The van der Waals surface area contributed by atoms with E-state index in [1.165, 1.54) is 13.5 Å². The Hall–Kier alpha value is -1.34. The van der Waals surface area contributed by atoms with Crippen molar-refractivity contribution in [1.82, 2.24) is 14.7 Å². The van der Waals surface area contributed by atoms with Crippen molar-refractivity contribution < 1.29 is 19.1 Å². The van der Waals surface area contributed by atoms with Gasteiger partial charge in [-0.05, 0) is 77.8 Å². The van der Waals surface area contributed by atoms with Gasteiger partial charge < -0.3 is 19.3 Å². The van der Waals surface area contributed by atoms with Gasteiger partial charge in [0.2, 0.25) is 0 Å². The van der Waals surface area contributed by atoms with Gasteiger partial charge in [0.1, 0.15) is 5.60 Å². The van der Waals surface area contributed by atoms with Gasteiger partial charge in [0.25, 0.3) is 0 Å². The quantitative estimate of drug-likeness (QED) is 0.634. The number of esters is 1. The molecule has 3 aliphatic heterocycles. The van der Waals surface area contributed by atoms with Crippen LogP contribution in [0, 0.1) is 11.8 Å². The van der Waals surface area contributed by atoms with Crippen molar-refractivity contribution in [2.75, 3.05) is 52.9 Å². The lowest BCUT2D eigenvalue weighted by Gasteiger charge is -2.46. The van der Waals surface area contributed by atoms with Crippen LogP contribution in [0.5, 0.6) is 0 Å². The largest absolute Gasteiger partial charge is 0.469 e. The molecule has 0 aromatic heterocycles. The van der Waals surface area contributed by atoms with E-state index in [9.17, 15) is 9.59 Å². The maximum absolute atomic E-state index is 12.2. The molecule has 0 spiro atoms. The van der Waals surface area contributed by atoms with E-state index in [-0.39, 0.29) is 12.1 Å². The maximum atomic E-state index is 12.2. The van der Waals surface area contributed by atoms with Crippen molar-refractivity contribution in [1.29, 1.82) is 0 Å². The summed E-state index contributed by atoms with van der Waals surface area (Å²) in [6, 6.07) is 0.580. The number of piperazine rings is 1. The van der Waals surface area contributed by atoms with Gasteiger partial charge in [-0.2, -0.15) is 0 Å². The molecule has 0 saturated carbocycles. The lowest BCUT2D eigenvalue weighted by molar-refractivity contribution is -0.142. The van der Waals surface area contributed by atoms with E-state index in [4.69, 9.17) is 9.47 Å². The van der Waals surface area contributed by atoms with Crippen LogP contribution in [0.1, 0.15) is 59.3 Å². The minimum absolute atomic E-state index is 0.0705. The molecular formula is C23H41N3O4. The fourth-order valence-corrected chi connectivity index (χ4v) is 5.13. The highest BCUT2D eigenvalue weighted by Crippen LogP contribution is 2.29. The molecule has 1 unspecified atom stereocenters. The summed E-state index contributed by atoms with van der Waals surface area (Å²) in [7, 11) is 1.48. The van der Waals surface area contributed by atoms with Crippen molar-refractivity contribution >= 4 is 12.1 Å². The van der Waals surface area contributed by atoms with Gasteiger partial charge >= 0.3 is 12.1 Å². The third kappa shape index (κ3) is 6.84. The SMILES string of the molecule is COC(=O)CC1CCN2CCN(CCC3CCN(C(=O)OC(C)(C)C)CC3)C[C@H]2C1. The van der Waals surface area contributed by atoms with E-state index in [0.717, 1.165) is 71.5 Å². The first kappa shape index (κ1) is 23.3. The summed E-state index contributed by atoms with van der Waals surface area (Å²) >= 11 is 0. The summed E-state index contributed by atoms with van der Waals surface area (Å²) in [5.74, 6) is 1.09. The molecular weight excluding hydrogens is 382 g/mol. The fourth-order valence-electron chi connectivity index (χ4n) is 5.13. The van der Waals surface area contributed by atoms with Crippen LogP contribution in [0.15, 0.2) is 0 Å². The Morgan fingerprint density at radius 1 is 0.967 bits per heavy atom. The van der Waals surface area contributed by atoms with Crippen LogP contribution >= 0.6 is 0 Å². The fraction of sp³-hybridized carbons (Fsp3) is 0.913. The summed E-state index contributed by atoms with van der Waals surface area (Å²) in [5, 5.41) is 0. The summed E-state index contributed by atoms with van der Waals surface area (Å²) in [5.41, 5.74) is -0.426. The van der Waals surface area contributed by atoms with Crippen molar-refractivity contribution in [2.24, 2.45) is 11.8 Å². The van der Waals surface area contributed by atoms with E-state index in [2.05, 4.69) is 9.80 Å². The van der Waals surface area contributed by atoms with Gasteiger partial charge in [0.05, 0.1) is 7.11 Å². The minimum atomic E-state index is -0.426. The average molecular weight is 424 g/mol. The Bertz CT molecular complexity index is 583. The molecule has 30 heavy (non-hydrogen) atoms. The van der Waals surface area contributed by atoms with Crippen molar-refractivity contribution in [3.63, 3.8) is 0 Å². The molecule has 3 fully saturated rings.